The van der Waals surface area contributed by atoms with Crippen molar-refractivity contribution in [3.63, 3.8) is 0 Å². The van der Waals surface area contributed by atoms with Crippen molar-refractivity contribution in [3.8, 4) is 0 Å². The maximum Gasteiger partial charge on any atom is 0.318 e. The van der Waals surface area contributed by atoms with Gasteiger partial charge in [0.15, 0.2) is 5.92 Å². The van der Waals surface area contributed by atoms with Gasteiger partial charge in [0.1, 0.15) is 11.6 Å². The van der Waals surface area contributed by atoms with Crippen LogP contribution in [0.15, 0.2) is 0 Å². The van der Waals surface area contributed by atoms with Crippen molar-refractivity contribution in [2.24, 2.45) is 29.6 Å². The summed E-state index contributed by atoms with van der Waals surface area (Å²) < 4.78 is 0. The zero-order valence-electron chi connectivity index (χ0n) is 18.5. The molecule has 0 aliphatic heterocycles. The minimum atomic E-state index is -1.60. The van der Waals surface area contributed by atoms with Crippen LogP contribution in [-0.4, -0.2) is 44.8 Å². The van der Waals surface area contributed by atoms with E-state index in [1.165, 1.54) is 0 Å². The third-order valence-corrected chi connectivity index (χ3v) is 6.53. The number of Topliss-reactive ketones (excluding diaryl/α,β-unsaturated/α-hetero) is 2. The third-order valence-electron chi connectivity index (χ3n) is 6.53. The molecule has 2 rings (SSSR count). The SMILES string of the molecule is CC1CCC(C(=O)CC(C(=O)O)C(=O)O)CC1.CC1CCC(C(=O)CCC(=O)O)CC1. The lowest BCUT2D eigenvalue weighted by Crippen LogP contribution is -2.30. The molecule has 0 spiro atoms. The fourth-order valence-electron chi connectivity index (χ4n) is 4.25. The molecule has 0 radical (unpaired) electrons. The molecule has 176 valence electrons. The van der Waals surface area contributed by atoms with Gasteiger partial charge in [0.2, 0.25) is 0 Å². The van der Waals surface area contributed by atoms with Crippen molar-refractivity contribution in [2.75, 3.05) is 0 Å². The largest absolute Gasteiger partial charge is 0.481 e. The number of carbonyl (C=O) groups is 5. The monoisotopic (exact) mass is 440 g/mol. The predicted molar refractivity (Wildman–Crippen MR) is 113 cm³/mol. The Bertz CT molecular complexity index is 626. The molecule has 0 aromatic carbocycles. The smallest absolute Gasteiger partial charge is 0.318 e. The fourth-order valence-corrected chi connectivity index (χ4v) is 4.25. The first-order valence-electron chi connectivity index (χ1n) is 11.2. The van der Waals surface area contributed by atoms with Gasteiger partial charge in [-0.25, -0.2) is 0 Å². The highest BCUT2D eigenvalue weighted by molar-refractivity contribution is 5.98. The van der Waals surface area contributed by atoms with Gasteiger partial charge in [-0.1, -0.05) is 39.5 Å². The Balaban J connectivity index is 0.000000316. The number of rotatable bonds is 9. The van der Waals surface area contributed by atoms with Crippen molar-refractivity contribution in [1.82, 2.24) is 0 Å². The van der Waals surface area contributed by atoms with Gasteiger partial charge in [-0.2, -0.15) is 0 Å². The minimum Gasteiger partial charge on any atom is -0.481 e. The normalized spacial score (nSPS) is 25.8. The minimum absolute atomic E-state index is 0.00904. The van der Waals surface area contributed by atoms with Gasteiger partial charge in [-0.3, -0.25) is 24.0 Å². The van der Waals surface area contributed by atoms with E-state index in [4.69, 9.17) is 15.3 Å². The molecule has 0 saturated heterocycles. The second-order valence-corrected chi connectivity index (χ2v) is 9.17. The topological polar surface area (TPSA) is 146 Å². The Morgan fingerprint density at radius 2 is 1.03 bits per heavy atom. The third kappa shape index (κ3) is 10.1. The maximum atomic E-state index is 11.8. The zero-order valence-corrected chi connectivity index (χ0v) is 18.5. The molecule has 2 aliphatic carbocycles. The van der Waals surface area contributed by atoms with Crippen LogP contribution in [-0.2, 0) is 24.0 Å². The Labute approximate surface area is 183 Å². The van der Waals surface area contributed by atoms with Crippen LogP contribution >= 0.6 is 0 Å². The van der Waals surface area contributed by atoms with Crippen molar-refractivity contribution >= 4 is 29.5 Å². The highest BCUT2D eigenvalue weighted by atomic mass is 16.4. The Kier molecular flexibility index (Phi) is 11.4. The lowest BCUT2D eigenvalue weighted by molar-refractivity contribution is -0.156. The predicted octanol–water partition coefficient (Wildman–Crippen LogP) is 3.80. The molecule has 8 nitrogen and oxygen atoms in total. The van der Waals surface area contributed by atoms with E-state index in [0.717, 1.165) is 57.3 Å². The van der Waals surface area contributed by atoms with Crippen molar-refractivity contribution in [2.45, 2.75) is 84.5 Å². The van der Waals surface area contributed by atoms with Gasteiger partial charge in [0, 0.05) is 24.7 Å². The van der Waals surface area contributed by atoms with Crippen LogP contribution < -0.4 is 0 Å². The van der Waals surface area contributed by atoms with E-state index in [0.29, 0.717) is 5.92 Å². The second kappa shape index (κ2) is 13.2. The molecule has 2 saturated carbocycles. The molecule has 0 atom stereocenters. The summed E-state index contributed by atoms with van der Waals surface area (Å²) in [5, 5.41) is 25.9. The van der Waals surface area contributed by atoms with Gasteiger partial charge in [-0.05, 0) is 37.5 Å². The highest BCUT2D eigenvalue weighted by Crippen LogP contribution is 2.31. The molecule has 0 aromatic rings. The number of carboxylic acid groups (broad SMARTS) is 3. The number of aliphatic carboxylic acids is 3. The average Bonchev–Trinajstić information content (AvgIpc) is 2.71. The van der Waals surface area contributed by atoms with E-state index in [1.807, 2.05) is 0 Å². The van der Waals surface area contributed by atoms with Gasteiger partial charge < -0.3 is 15.3 Å². The van der Waals surface area contributed by atoms with Crippen LogP contribution in [0, 0.1) is 29.6 Å². The van der Waals surface area contributed by atoms with E-state index >= 15 is 0 Å². The molecule has 3 N–H and O–H groups in total. The van der Waals surface area contributed by atoms with Gasteiger partial charge in [0.25, 0.3) is 0 Å². The first-order chi connectivity index (χ1) is 14.5. The molecule has 0 heterocycles. The molecule has 31 heavy (non-hydrogen) atoms. The van der Waals surface area contributed by atoms with Crippen molar-refractivity contribution in [3.05, 3.63) is 0 Å². The number of hydrogen-bond acceptors (Lipinski definition) is 5. The number of carboxylic acids is 3. The summed E-state index contributed by atoms with van der Waals surface area (Å²) in [5.41, 5.74) is 0. The summed E-state index contributed by atoms with van der Waals surface area (Å²) in [6, 6.07) is 0. The number of hydrogen-bond donors (Lipinski definition) is 3. The van der Waals surface area contributed by atoms with E-state index < -0.39 is 23.8 Å². The first-order valence-corrected chi connectivity index (χ1v) is 11.2. The van der Waals surface area contributed by atoms with Crippen molar-refractivity contribution in [1.29, 1.82) is 0 Å². The zero-order chi connectivity index (χ0) is 23.6. The van der Waals surface area contributed by atoms with Crippen LogP contribution in [0.2, 0.25) is 0 Å². The van der Waals surface area contributed by atoms with Crippen LogP contribution in [0.25, 0.3) is 0 Å². The van der Waals surface area contributed by atoms with Gasteiger partial charge in [0.05, 0.1) is 6.42 Å². The quantitative estimate of drug-likeness (QED) is 0.459. The molecular formula is C23H36O8. The molecule has 0 unspecified atom stereocenters. The average molecular weight is 441 g/mol. The van der Waals surface area contributed by atoms with Crippen LogP contribution in [0.1, 0.15) is 84.5 Å². The molecule has 2 aliphatic rings. The molecule has 0 amide bonds. The molecule has 0 bridgehead atoms. The Hall–Kier alpha value is -2.25. The fraction of sp³-hybridized carbons (Fsp3) is 0.783. The molecule has 8 heteroatoms. The summed E-state index contributed by atoms with van der Waals surface area (Å²) in [6.45, 7) is 4.33. The van der Waals surface area contributed by atoms with E-state index in [2.05, 4.69) is 13.8 Å². The summed E-state index contributed by atoms with van der Waals surface area (Å²) >= 11 is 0. The van der Waals surface area contributed by atoms with Crippen LogP contribution in [0.3, 0.4) is 0 Å². The molecular weight excluding hydrogens is 404 g/mol. The van der Waals surface area contributed by atoms with Crippen molar-refractivity contribution < 1.29 is 39.3 Å². The first kappa shape index (κ1) is 26.8. The summed E-state index contributed by atoms with van der Waals surface area (Å²) in [6.07, 6.45) is 7.40. The lowest BCUT2D eigenvalue weighted by atomic mass is 9.79. The van der Waals surface area contributed by atoms with Crippen LogP contribution in [0.4, 0.5) is 0 Å². The molecule has 2 fully saturated rings. The van der Waals surface area contributed by atoms with E-state index in [9.17, 15) is 24.0 Å². The number of ketones is 2. The molecule has 0 aromatic heterocycles. The summed E-state index contributed by atoms with van der Waals surface area (Å²) in [7, 11) is 0. The second-order valence-electron chi connectivity index (χ2n) is 9.17. The lowest BCUT2D eigenvalue weighted by Gasteiger charge is -2.25. The highest BCUT2D eigenvalue weighted by Gasteiger charge is 2.32. The van der Waals surface area contributed by atoms with Crippen LogP contribution in [0.5, 0.6) is 0 Å². The summed E-state index contributed by atoms with van der Waals surface area (Å²) in [4.78, 5) is 55.0. The van der Waals surface area contributed by atoms with E-state index in [-0.39, 0.29) is 42.7 Å². The maximum absolute atomic E-state index is 11.8. The standard InChI is InChI=1S/C12H18O5.C11H18O3/c1-7-2-4-8(5-3-7)10(13)6-9(11(14)15)12(16)17;1-8-2-4-9(5-3-8)10(12)6-7-11(13)14/h7-9H,2-6H2,1H3,(H,14,15)(H,16,17);8-9H,2-7H2,1H3,(H,13,14). The van der Waals surface area contributed by atoms with Gasteiger partial charge >= 0.3 is 17.9 Å². The Morgan fingerprint density at radius 1 is 0.645 bits per heavy atom. The number of carbonyl (C=O) groups excluding carboxylic acids is 2. The van der Waals surface area contributed by atoms with E-state index in [1.54, 1.807) is 0 Å². The van der Waals surface area contributed by atoms with Gasteiger partial charge in [-0.15, -0.1) is 0 Å². The summed E-state index contributed by atoms with van der Waals surface area (Å²) in [5.74, 6) is -4.06. The Morgan fingerprint density at radius 3 is 1.39 bits per heavy atom.